The molecule has 5 unspecified atom stereocenters. The second-order valence-corrected chi connectivity index (χ2v) is 6.59. The van der Waals surface area contributed by atoms with Crippen LogP contribution in [0.5, 0.6) is 0 Å². The van der Waals surface area contributed by atoms with E-state index in [1.807, 2.05) is 0 Å². The molecule has 0 bridgehead atoms. The third-order valence-electron chi connectivity index (χ3n) is 4.95. The van der Waals surface area contributed by atoms with Crippen molar-refractivity contribution in [2.24, 2.45) is 29.1 Å². The molecule has 0 N–H and O–H groups in total. The molecule has 0 aliphatic heterocycles. The molecule has 0 spiro atoms. The average Bonchev–Trinajstić information content (AvgIpc) is 2.38. The first-order chi connectivity index (χ1) is 7.81. The van der Waals surface area contributed by atoms with E-state index >= 15 is 0 Å². The molecule has 2 nitrogen and oxygen atoms in total. The van der Waals surface area contributed by atoms with E-state index in [0.717, 1.165) is 6.42 Å². The monoisotopic (exact) mass is 236 g/mol. The normalized spacial score (nSPS) is 42.8. The first kappa shape index (κ1) is 12.8. The summed E-state index contributed by atoms with van der Waals surface area (Å²) in [6, 6.07) is 0. The zero-order valence-corrected chi connectivity index (χ0v) is 11.6. The number of hydrogen-bond acceptors (Lipinski definition) is 2. The second-order valence-electron chi connectivity index (χ2n) is 6.59. The molecule has 5 atom stereocenters. The van der Waals surface area contributed by atoms with Crippen LogP contribution in [0.3, 0.4) is 0 Å². The molecule has 0 aromatic heterocycles. The Hall–Kier alpha value is -0.630. The van der Waals surface area contributed by atoms with Gasteiger partial charge in [-0.05, 0) is 37.5 Å². The van der Waals surface area contributed by atoms with Gasteiger partial charge in [-0.25, -0.2) is 0 Å². The fourth-order valence-electron chi connectivity index (χ4n) is 4.54. The Morgan fingerprint density at radius 1 is 1.35 bits per heavy atom. The van der Waals surface area contributed by atoms with Crippen LogP contribution in [-0.4, -0.2) is 19.0 Å². The predicted octanol–water partition coefficient (Wildman–Crippen LogP) is 3.07. The zero-order chi connectivity index (χ0) is 13.0. The first-order valence-electron chi connectivity index (χ1n) is 6.50. The maximum absolute atomic E-state index is 11.9. The van der Waals surface area contributed by atoms with E-state index in [4.69, 9.17) is 4.74 Å². The van der Waals surface area contributed by atoms with Crippen LogP contribution >= 0.6 is 0 Å². The van der Waals surface area contributed by atoms with Crippen LogP contribution in [-0.2, 0) is 9.53 Å². The summed E-state index contributed by atoms with van der Waals surface area (Å²) in [6.07, 6.45) is 1.38. The number of Topliss-reactive ketones (excluding diaryl/α,β-unsaturated/α-hetero) is 1. The lowest BCUT2D eigenvalue weighted by atomic mass is 9.58. The molecule has 0 amide bonds. The van der Waals surface area contributed by atoms with Crippen molar-refractivity contribution in [2.45, 2.75) is 40.2 Å². The minimum absolute atomic E-state index is 0.113. The molecule has 0 aromatic rings. The number of fused-ring (bicyclic) bond motifs is 1. The van der Waals surface area contributed by atoms with E-state index in [2.05, 4.69) is 27.4 Å². The second kappa shape index (κ2) is 3.94. The SMILES string of the molecule is C=C(C)C1C(OC)C2CC(C)(C)C(C(C)=O)C21. The number of methoxy groups -OCH3 is 1. The van der Waals surface area contributed by atoms with Crippen molar-refractivity contribution in [1.29, 1.82) is 0 Å². The number of hydrogen-bond donors (Lipinski definition) is 0. The highest BCUT2D eigenvalue weighted by atomic mass is 16.5. The number of rotatable bonds is 3. The highest BCUT2D eigenvalue weighted by Gasteiger charge is 2.63. The summed E-state index contributed by atoms with van der Waals surface area (Å²) in [5.41, 5.74) is 1.28. The van der Waals surface area contributed by atoms with Gasteiger partial charge in [0, 0.05) is 18.9 Å². The van der Waals surface area contributed by atoms with Crippen LogP contribution in [0.1, 0.15) is 34.1 Å². The van der Waals surface area contributed by atoms with E-state index in [0.29, 0.717) is 23.5 Å². The molecule has 17 heavy (non-hydrogen) atoms. The molecule has 96 valence electrons. The molecule has 0 aromatic carbocycles. The Morgan fingerprint density at radius 2 is 1.94 bits per heavy atom. The van der Waals surface area contributed by atoms with Crippen molar-refractivity contribution in [3.63, 3.8) is 0 Å². The highest BCUT2D eigenvalue weighted by molar-refractivity contribution is 5.80. The van der Waals surface area contributed by atoms with Gasteiger partial charge in [0.1, 0.15) is 5.78 Å². The number of ketones is 1. The molecule has 2 rings (SSSR count). The van der Waals surface area contributed by atoms with E-state index in [1.165, 1.54) is 5.57 Å². The molecule has 2 aliphatic rings. The van der Waals surface area contributed by atoms with E-state index < -0.39 is 0 Å². The largest absolute Gasteiger partial charge is 0.381 e. The smallest absolute Gasteiger partial charge is 0.133 e. The predicted molar refractivity (Wildman–Crippen MR) is 68.7 cm³/mol. The van der Waals surface area contributed by atoms with Crippen LogP contribution in [0, 0.1) is 29.1 Å². The molecular formula is C15H24O2. The molecule has 0 heterocycles. The van der Waals surface area contributed by atoms with Gasteiger partial charge in [0.15, 0.2) is 0 Å². The fourth-order valence-corrected chi connectivity index (χ4v) is 4.54. The minimum Gasteiger partial charge on any atom is -0.381 e. The van der Waals surface area contributed by atoms with Gasteiger partial charge in [0.05, 0.1) is 6.10 Å². The van der Waals surface area contributed by atoms with Gasteiger partial charge >= 0.3 is 0 Å². The molecule has 2 aliphatic carbocycles. The molecular weight excluding hydrogens is 212 g/mol. The van der Waals surface area contributed by atoms with Gasteiger partial charge in [-0.3, -0.25) is 4.79 Å². The van der Waals surface area contributed by atoms with Crippen LogP contribution < -0.4 is 0 Å². The quantitative estimate of drug-likeness (QED) is 0.704. The number of carbonyl (C=O) groups is 1. The Labute approximate surface area is 104 Å². The summed E-state index contributed by atoms with van der Waals surface area (Å²) < 4.78 is 5.62. The topological polar surface area (TPSA) is 26.3 Å². The minimum atomic E-state index is 0.113. The Kier molecular flexibility index (Phi) is 2.97. The summed E-state index contributed by atoms with van der Waals surface area (Å²) in [5, 5.41) is 0. The van der Waals surface area contributed by atoms with Crippen LogP contribution in [0.15, 0.2) is 12.2 Å². The standard InChI is InChI=1S/C15H24O2/c1-8(2)11-12-10(14(11)17-6)7-15(4,5)13(12)9(3)16/h10-14H,1,7H2,2-6H3. The van der Waals surface area contributed by atoms with E-state index in [9.17, 15) is 4.79 Å². The lowest BCUT2D eigenvalue weighted by Gasteiger charge is -2.50. The molecule has 0 saturated heterocycles. The van der Waals surface area contributed by atoms with Crippen molar-refractivity contribution >= 4 is 5.78 Å². The first-order valence-corrected chi connectivity index (χ1v) is 6.50. The maximum Gasteiger partial charge on any atom is 0.133 e. The number of carbonyl (C=O) groups excluding carboxylic acids is 1. The van der Waals surface area contributed by atoms with Crippen LogP contribution in [0.25, 0.3) is 0 Å². The Bertz CT molecular complexity index is 356. The zero-order valence-electron chi connectivity index (χ0n) is 11.6. The van der Waals surface area contributed by atoms with Gasteiger partial charge in [-0.1, -0.05) is 26.0 Å². The highest BCUT2D eigenvalue weighted by Crippen LogP contribution is 2.63. The van der Waals surface area contributed by atoms with Crippen molar-refractivity contribution in [2.75, 3.05) is 7.11 Å². The summed E-state index contributed by atoms with van der Waals surface area (Å²) in [6.45, 7) is 12.3. The van der Waals surface area contributed by atoms with Gasteiger partial charge in [-0.2, -0.15) is 0 Å². The average molecular weight is 236 g/mol. The molecule has 2 fully saturated rings. The molecule has 2 heteroatoms. The lowest BCUT2D eigenvalue weighted by molar-refractivity contribution is -0.136. The third kappa shape index (κ3) is 1.69. The van der Waals surface area contributed by atoms with Gasteiger partial charge in [-0.15, -0.1) is 0 Å². The van der Waals surface area contributed by atoms with Crippen molar-refractivity contribution < 1.29 is 9.53 Å². The van der Waals surface area contributed by atoms with Crippen molar-refractivity contribution in [3.05, 3.63) is 12.2 Å². The third-order valence-corrected chi connectivity index (χ3v) is 4.95. The summed E-state index contributed by atoms with van der Waals surface area (Å²) in [7, 11) is 1.78. The summed E-state index contributed by atoms with van der Waals surface area (Å²) >= 11 is 0. The summed E-state index contributed by atoms with van der Waals surface area (Å²) in [4.78, 5) is 11.9. The van der Waals surface area contributed by atoms with Gasteiger partial charge in [0.25, 0.3) is 0 Å². The molecule has 2 saturated carbocycles. The van der Waals surface area contributed by atoms with E-state index in [1.54, 1.807) is 14.0 Å². The van der Waals surface area contributed by atoms with Crippen molar-refractivity contribution in [1.82, 2.24) is 0 Å². The summed E-state index contributed by atoms with van der Waals surface area (Å²) in [5.74, 6) is 1.90. The molecule has 0 radical (unpaired) electrons. The van der Waals surface area contributed by atoms with Crippen LogP contribution in [0.2, 0.25) is 0 Å². The Balaban J connectivity index is 2.32. The number of ether oxygens (including phenoxy) is 1. The van der Waals surface area contributed by atoms with Gasteiger partial charge in [0.2, 0.25) is 0 Å². The fraction of sp³-hybridized carbons (Fsp3) is 0.800. The lowest BCUT2D eigenvalue weighted by Crippen LogP contribution is -2.53. The van der Waals surface area contributed by atoms with Crippen LogP contribution in [0.4, 0.5) is 0 Å². The van der Waals surface area contributed by atoms with E-state index in [-0.39, 0.29) is 17.4 Å². The van der Waals surface area contributed by atoms with Crippen molar-refractivity contribution in [3.8, 4) is 0 Å². The van der Waals surface area contributed by atoms with Gasteiger partial charge < -0.3 is 4.74 Å². The maximum atomic E-state index is 11.9. The Morgan fingerprint density at radius 3 is 2.35 bits per heavy atom.